The fraction of sp³-hybridized carbons (Fsp3) is 0.333. The van der Waals surface area contributed by atoms with E-state index in [0.29, 0.717) is 29.2 Å². The molecule has 1 aliphatic heterocycles. The van der Waals surface area contributed by atoms with E-state index in [4.69, 9.17) is 9.47 Å². The Hall–Kier alpha value is -3.02. The molecular formula is C21H24N2O4. The van der Waals surface area contributed by atoms with Crippen molar-refractivity contribution in [3.05, 3.63) is 59.2 Å². The van der Waals surface area contributed by atoms with E-state index in [9.17, 15) is 9.59 Å². The Morgan fingerprint density at radius 3 is 2.48 bits per heavy atom. The number of nitrogens with one attached hydrogen (secondary N) is 1. The average molecular weight is 368 g/mol. The van der Waals surface area contributed by atoms with E-state index in [0.717, 1.165) is 12.0 Å². The van der Waals surface area contributed by atoms with Gasteiger partial charge in [-0.1, -0.05) is 24.3 Å². The van der Waals surface area contributed by atoms with Crippen molar-refractivity contribution in [1.82, 2.24) is 10.4 Å². The van der Waals surface area contributed by atoms with Crippen molar-refractivity contribution in [3.63, 3.8) is 0 Å². The van der Waals surface area contributed by atoms with Gasteiger partial charge in [0.2, 0.25) is 0 Å². The number of nitrogens with zero attached hydrogens (tertiary/aromatic N) is 1. The molecule has 6 nitrogen and oxygen atoms in total. The van der Waals surface area contributed by atoms with Crippen LogP contribution in [0.2, 0.25) is 0 Å². The highest BCUT2D eigenvalue weighted by molar-refractivity contribution is 6.02. The van der Waals surface area contributed by atoms with Crippen LogP contribution in [0.3, 0.4) is 0 Å². The van der Waals surface area contributed by atoms with E-state index in [-0.39, 0.29) is 11.8 Å². The normalized spacial score (nSPS) is 12.7. The second-order valence-electron chi connectivity index (χ2n) is 7.34. The van der Waals surface area contributed by atoms with Crippen LogP contribution in [0.5, 0.6) is 11.5 Å². The lowest BCUT2D eigenvalue weighted by Crippen LogP contribution is -2.56. The molecule has 2 amide bonds. The summed E-state index contributed by atoms with van der Waals surface area (Å²) in [5.41, 5.74) is 3.92. The Labute approximate surface area is 159 Å². The fourth-order valence-electron chi connectivity index (χ4n) is 3.02. The number of rotatable bonds is 3. The Kier molecular flexibility index (Phi) is 5.08. The summed E-state index contributed by atoms with van der Waals surface area (Å²) in [6.07, 6.45) is 0.777. The molecule has 0 aromatic heterocycles. The quantitative estimate of drug-likeness (QED) is 0.845. The fourth-order valence-corrected chi connectivity index (χ4v) is 3.02. The number of ether oxygens (including phenoxy) is 2. The molecule has 0 radical (unpaired) electrons. The van der Waals surface area contributed by atoms with Crippen LogP contribution in [0.15, 0.2) is 42.5 Å². The van der Waals surface area contributed by atoms with Crippen LogP contribution in [0.1, 0.15) is 47.1 Å². The Bertz CT molecular complexity index is 871. The minimum absolute atomic E-state index is 0.346. The average Bonchev–Trinajstić information content (AvgIpc) is 3.13. The molecule has 142 valence electrons. The number of carbonyl (C=O) groups excluding carboxylic acids is 2. The van der Waals surface area contributed by atoms with E-state index in [1.807, 2.05) is 32.9 Å². The highest BCUT2D eigenvalue weighted by Gasteiger charge is 2.32. The summed E-state index contributed by atoms with van der Waals surface area (Å²) in [7, 11) is 1.51. The molecule has 2 aromatic carbocycles. The first-order valence-corrected chi connectivity index (χ1v) is 8.86. The molecule has 1 heterocycles. The molecule has 27 heavy (non-hydrogen) atoms. The SMILES string of the molecule is COc1ccccc1C(=O)N(NC(=O)c1cccc2c1OCC2)C(C)(C)C. The van der Waals surface area contributed by atoms with Gasteiger partial charge in [0.15, 0.2) is 0 Å². The zero-order valence-corrected chi connectivity index (χ0v) is 16.0. The maximum absolute atomic E-state index is 13.2. The van der Waals surface area contributed by atoms with Crippen LogP contribution in [0.25, 0.3) is 0 Å². The Morgan fingerprint density at radius 2 is 1.78 bits per heavy atom. The van der Waals surface area contributed by atoms with Gasteiger partial charge in [-0.3, -0.25) is 15.0 Å². The summed E-state index contributed by atoms with van der Waals surface area (Å²) in [4.78, 5) is 26.1. The molecule has 1 aliphatic rings. The number of carbonyl (C=O) groups is 2. The van der Waals surface area contributed by atoms with Crippen LogP contribution in [-0.4, -0.2) is 36.1 Å². The van der Waals surface area contributed by atoms with Gasteiger partial charge in [0.05, 0.1) is 30.4 Å². The summed E-state index contributed by atoms with van der Waals surface area (Å²) >= 11 is 0. The number of hydrazine groups is 1. The monoisotopic (exact) mass is 368 g/mol. The van der Waals surface area contributed by atoms with Crippen LogP contribution in [0, 0.1) is 0 Å². The maximum atomic E-state index is 13.2. The summed E-state index contributed by atoms with van der Waals surface area (Å²) in [5, 5.41) is 1.33. The standard InChI is InChI=1S/C21H24N2O4/c1-21(2,3)23(20(25)15-9-5-6-11-17(15)26-4)22-19(24)16-10-7-8-14-12-13-27-18(14)16/h5-11H,12-13H2,1-4H3,(H,22,24). The van der Waals surface area contributed by atoms with Crippen LogP contribution in [-0.2, 0) is 6.42 Å². The molecule has 0 bridgehead atoms. The smallest absolute Gasteiger partial charge is 0.276 e. The lowest BCUT2D eigenvalue weighted by atomic mass is 10.1. The molecule has 0 fully saturated rings. The van der Waals surface area contributed by atoms with Crippen LogP contribution >= 0.6 is 0 Å². The highest BCUT2D eigenvalue weighted by atomic mass is 16.5. The van der Waals surface area contributed by atoms with Crippen molar-refractivity contribution in [2.75, 3.05) is 13.7 Å². The first-order valence-electron chi connectivity index (χ1n) is 8.86. The molecule has 0 saturated carbocycles. The third-order valence-electron chi connectivity index (χ3n) is 4.38. The minimum Gasteiger partial charge on any atom is -0.496 e. The first kappa shape index (κ1) is 18.8. The van der Waals surface area contributed by atoms with Crippen molar-refractivity contribution in [1.29, 1.82) is 0 Å². The van der Waals surface area contributed by atoms with Gasteiger partial charge in [-0.05, 0) is 44.5 Å². The molecule has 2 aromatic rings. The van der Waals surface area contributed by atoms with E-state index in [1.165, 1.54) is 12.1 Å². The van der Waals surface area contributed by atoms with E-state index in [1.54, 1.807) is 30.3 Å². The number of para-hydroxylation sites is 2. The third-order valence-corrected chi connectivity index (χ3v) is 4.38. The van der Waals surface area contributed by atoms with Crippen LogP contribution < -0.4 is 14.9 Å². The van der Waals surface area contributed by atoms with E-state index < -0.39 is 5.54 Å². The lowest BCUT2D eigenvalue weighted by molar-refractivity contribution is 0.0355. The van der Waals surface area contributed by atoms with Gasteiger partial charge in [-0.25, -0.2) is 5.01 Å². The second-order valence-corrected chi connectivity index (χ2v) is 7.34. The number of amides is 2. The molecular weight excluding hydrogens is 344 g/mol. The van der Waals surface area contributed by atoms with Gasteiger partial charge >= 0.3 is 0 Å². The molecule has 0 saturated heterocycles. The summed E-state index contributed by atoms with van der Waals surface area (Å²) in [6.45, 7) is 6.12. The summed E-state index contributed by atoms with van der Waals surface area (Å²) < 4.78 is 10.9. The third kappa shape index (κ3) is 3.74. The zero-order chi connectivity index (χ0) is 19.6. The van der Waals surface area contributed by atoms with Gasteiger partial charge in [0.25, 0.3) is 11.8 Å². The molecule has 0 unspecified atom stereocenters. The zero-order valence-electron chi connectivity index (χ0n) is 16.0. The molecule has 3 rings (SSSR count). The number of fused-ring (bicyclic) bond motifs is 1. The number of methoxy groups -OCH3 is 1. The Morgan fingerprint density at radius 1 is 1.07 bits per heavy atom. The van der Waals surface area contributed by atoms with Gasteiger partial charge in [-0.15, -0.1) is 0 Å². The topological polar surface area (TPSA) is 67.9 Å². The van der Waals surface area contributed by atoms with E-state index >= 15 is 0 Å². The lowest BCUT2D eigenvalue weighted by Gasteiger charge is -2.35. The van der Waals surface area contributed by atoms with Gasteiger partial charge in [0.1, 0.15) is 11.5 Å². The highest BCUT2D eigenvalue weighted by Crippen LogP contribution is 2.30. The molecule has 6 heteroatoms. The molecule has 0 aliphatic carbocycles. The van der Waals surface area contributed by atoms with Crippen LogP contribution in [0.4, 0.5) is 0 Å². The van der Waals surface area contributed by atoms with Crippen molar-refractivity contribution < 1.29 is 19.1 Å². The minimum atomic E-state index is -0.646. The number of benzene rings is 2. The second kappa shape index (κ2) is 7.31. The first-order chi connectivity index (χ1) is 12.8. The van der Waals surface area contributed by atoms with Crippen molar-refractivity contribution in [3.8, 4) is 11.5 Å². The number of hydrogen-bond donors (Lipinski definition) is 1. The summed E-state index contributed by atoms with van der Waals surface area (Å²) in [5.74, 6) is 0.317. The molecule has 1 N–H and O–H groups in total. The maximum Gasteiger partial charge on any atom is 0.276 e. The van der Waals surface area contributed by atoms with Gasteiger partial charge < -0.3 is 9.47 Å². The summed E-state index contributed by atoms with van der Waals surface area (Å²) in [6, 6.07) is 12.4. The largest absolute Gasteiger partial charge is 0.496 e. The van der Waals surface area contributed by atoms with Gasteiger partial charge in [0, 0.05) is 6.42 Å². The van der Waals surface area contributed by atoms with Crippen molar-refractivity contribution in [2.45, 2.75) is 32.7 Å². The van der Waals surface area contributed by atoms with Gasteiger partial charge in [-0.2, -0.15) is 0 Å². The van der Waals surface area contributed by atoms with Crippen molar-refractivity contribution >= 4 is 11.8 Å². The molecule has 0 spiro atoms. The van der Waals surface area contributed by atoms with Crippen molar-refractivity contribution in [2.24, 2.45) is 0 Å². The predicted molar refractivity (Wildman–Crippen MR) is 102 cm³/mol. The Balaban J connectivity index is 1.92. The predicted octanol–water partition coefficient (Wildman–Crippen LogP) is 3.22. The number of hydrogen-bond acceptors (Lipinski definition) is 4. The van der Waals surface area contributed by atoms with E-state index in [2.05, 4.69) is 5.43 Å². The molecule has 0 atom stereocenters.